The molecule has 3 rings (SSSR count). The molecule has 1 aromatic carbocycles. The van der Waals surface area contributed by atoms with E-state index in [1.807, 2.05) is 6.07 Å². The molecule has 16 heavy (non-hydrogen) atoms. The molecule has 2 aromatic heterocycles. The van der Waals surface area contributed by atoms with Crippen LogP contribution in [-0.4, -0.2) is 15.2 Å². The fourth-order valence-electron chi connectivity index (χ4n) is 1.74. The molecule has 5 nitrogen and oxygen atoms in total. The van der Waals surface area contributed by atoms with Gasteiger partial charge in [0.15, 0.2) is 0 Å². The number of aromatic nitrogens is 2. The monoisotopic (exact) mass is 215 g/mol. The van der Waals surface area contributed by atoms with Gasteiger partial charge in [-0.15, -0.1) is 0 Å². The highest BCUT2D eigenvalue weighted by Crippen LogP contribution is 2.35. The number of aromatic amines is 1. The third kappa shape index (κ3) is 1.15. The highest BCUT2D eigenvalue weighted by atomic mass is 16.5. The van der Waals surface area contributed by atoms with E-state index < -0.39 is 0 Å². The zero-order chi connectivity index (χ0) is 11.1. The minimum absolute atomic E-state index is 0.173. The number of nitrogens with two attached hydrogens (primary N) is 1. The highest BCUT2D eigenvalue weighted by molar-refractivity contribution is 5.92. The number of benzene rings is 1. The average Bonchev–Trinajstić information content (AvgIpc) is 2.87. The van der Waals surface area contributed by atoms with Gasteiger partial charge in [0.2, 0.25) is 5.88 Å². The lowest BCUT2D eigenvalue weighted by molar-refractivity contribution is 0.437. The SMILES string of the molecule is Nc1cc(-c2ccc3[nH]ccc3c2O)no1. The maximum atomic E-state index is 10.1. The molecule has 0 saturated carbocycles. The lowest BCUT2D eigenvalue weighted by atomic mass is 10.1. The summed E-state index contributed by atoms with van der Waals surface area (Å²) in [5.41, 5.74) is 7.44. The summed E-state index contributed by atoms with van der Waals surface area (Å²) in [6.07, 6.45) is 1.77. The van der Waals surface area contributed by atoms with Gasteiger partial charge in [0, 0.05) is 28.7 Å². The Kier molecular flexibility index (Phi) is 1.67. The summed E-state index contributed by atoms with van der Waals surface area (Å²) < 4.78 is 4.78. The third-order valence-electron chi connectivity index (χ3n) is 2.51. The Balaban J connectivity index is 2.27. The van der Waals surface area contributed by atoms with Gasteiger partial charge in [-0.3, -0.25) is 0 Å². The Labute approximate surface area is 90.5 Å². The van der Waals surface area contributed by atoms with Gasteiger partial charge in [-0.05, 0) is 18.2 Å². The van der Waals surface area contributed by atoms with Crippen LogP contribution in [0.5, 0.6) is 5.75 Å². The molecule has 2 heterocycles. The van der Waals surface area contributed by atoms with Crippen molar-refractivity contribution in [3.05, 3.63) is 30.5 Å². The van der Waals surface area contributed by atoms with Gasteiger partial charge in [0.1, 0.15) is 11.4 Å². The first kappa shape index (κ1) is 8.84. The molecule has 0 radical (unpaired) electrons. The standard InChI is InChI=1S/C11H9N3O2/c12-10-5-9(14-16-10)6-1-2-8-7(11(6)15)3-4-13-8/h1-5,13,15H,12H2. The molecule has 0 bridgehead atoms. The van der Waals surface area contributed by atoms with Gasteiger partial charge in [-0.25, -0.2) is 0 Å². The topological polar surface area (TPSA) is 88.1 Å². The predicted octanol–water partition coefficient (Wildman–Crippen LogP) is 2.11. The lowest BCUT2D eigenvalue weighted by Gasteiger charge is -2.01. The molecule has 0 atom stereocenters. The van der Waals surface area contributed by atoms with E-state index in [1.54, 1.807) is 24.4 Å². The van der Waals surface area contributed by atoms with Crippen LogP contribution in [0.25, 0.3) is 22.2 Å². The molecule has 0 amide bonds. The number of nitrogens with one attached hydrogen (secondary N) is 1. The van der Waals surface area contributed by atoms with Gasteiger partial charge >= 0.3 is 0 Å². The van der Waals surface area contributed by atoms with Crippen LogP contribution >= 0.6 is 0 Å². The highest BCUT2D eigenvalue weighted by Gasteiger charge is 2.12. The van der Waals surface area contributed by atoms with Crippen LogP contribution in [0.1, 0.15) is 0 Å². The summed E-state index contributed by atoms with van der Waals surface area (Å²) >= 11 is 0. The smallest absolute Gasteiger partial charge is 0.222 e. The van der Waals surface area contributed by atoms with E-state index >= 15 is 0 Å². The normalized spacial score (nSPS) is 11.0. The summed E-state index contributed by atoms with van der Waals surface area (Å²) in [7, 11) is 0. The molecule has 80 valence electrons. The second-order valence-corrected chi connectivity index (χ2v) is 3.52. The fraction of sp³-hybridized carbons (Fsp3) is 0. The number of anilines is 1. The number of nitrogens with zero attached hydrogens (tertiary/aromatic N) is 1. The van der Waals surface area contributed by atoms with Crippen LogP contribution in [0.4, 0.5) is 5.88 Å². The summed E-state index contributed by atoms with van der Waals surface area (Å²) in [6, 6.07) is 7.02. The maximum Gasteiger partial charge on any atom is 0.222 e. The molecule has 4 N–H and O–H groups in total. The van der Waals surface area contributed by atoms with Crippen molar-refractivity contribution in [3.8, 4) is 17.0 Å². The Morgan fingerprint density at radius 3 is 2.94 bits per heavy atom. The quantitative estimate of drug-likeness (QED) is 0.580. The fourth-order valence-corrected chi connectivity index (χ4v) is 1.74. The Bertz CT molecular complexity index is 654. The number of rotatable bonds is 1. The van der Waals surface area contributed by atoms with Crippen molar-refractivity contribution in [2.45, 2.75) is 0 Å². The molecule has 0 aliphatic heterocycles. The van der Waals surface area contributed by atoms with Crippen LogP contribution in [0.3, 0.4) is 0 Å². The number of hydrogen-bond donors (Lipinski definition) is 3. The average molecular weight is 215 g/mol. The first-order valence-electron chi connectivity index (χ1n) is 4.77. The van der Waals surface area contributed by atoms with E-state index in [9.17, 15) is 5.11 Å². The first-order valence-corrected chi connectivity index (χ1v) is 4.77. The Morgan fingerprint density at radius 1 is 1.31 bits per heavy atom. The molecule has 0 fully saturated rings. The second-order valence-electron chi connectivity index (χ2n) is 3.52. The summed E-state index contributed by atoms with van der Waals surface area (Å²) in [5.74, 6) is 0.399. The van der Waals surface area contributed by atoms with Crippen LogP contribution in [-0.2, 0) is 0 Å². The van der Waals surface area contributed by atoms with Crippen LogP contribution in [0.15, 0.2) is 35.0 Å². The molecule has 0 unspecified atom stereocenters. The number of hydrogen-bond acceptors (Lipinski definition) is 4. The van der Waals surface area contributed by atoms with Crippen molar-refractivity contribution in [2.24, 2.45) is 0 Å². The van der Waals surface area contributed by atoms with Crippen molar-refractivity contribution < 1.29 is 9.63 Å². The van der Waals surface area contributed by atoms with Crippen molar-refractivity contribution in [1.82, 2.24) is 10.1 Å². The van der Waals surface area contributed by atoms with Crippen LogP contribution in [0.2, 0.25) is 0 Å². The minimum atomic E-state index is 0.173. The van der Waals surface area contributed by atoms with Gasteiger partial charge in [0.25, 0.3) is 0 Å². The van der Waals surface area contributed by atoms with Gasteiger partial charge < -0.3 is 20.3 Å². The molecule has 3 aromatic rings. The summed E-state index contributed by atoms with van der Waals surface area (Å²) in [5, 5.41) is 14.6. The third-order valence-corrected chi connectivity index (χ3v) is 2.51. The number of H-pyrrole nitrogens is 1. The summed E-state index contributed by atoms with van der Waals surface area (Å²) in [4.78, 5) is 3.02. The Morgan fingerprint density at radius 2 is 2.19 bits per heavy atom. The zero-order valence-corrected chi connectivity index (χ0v) is 8.27. The van der Waals surface area contributed by atoms with Crippen molar-refractivity contribution in [3.63, 3.8) is 0 Å². The number of fused-ring (bicyclic) bond motifs is 1. The van der Waals surface area contributed by atoms with E-state index in [-0.39, 0.29) is 11.6 Å². The zero-order valence-electron chi connectivity index (χ0n) is 8.27. The molecule has 0 spiro atoms. The van der Waals surface area contributed by atoms with Crippen molar-refractivity contribution in [1.29, 1.82) is 0 Å². The molecule has 0 saturated heterocycles. The number of nitrogen functional groups attached to an aromatic ring is 1. The number of aromatic hydroxyl groups is 1. The van der Waals surface area contributed by atoms with E-state index in [0.717, 1.165) is 10.9 Å². The molecular formula is C11H9N3O2. The second kappa shape index (κ2) is 3.03. The van der Waals surface area contributed by atoms with Crippen molar-refractivity contribution in [2.75, 3.05) is 5.73 Å². The van der Waals surface area contributed by atoms with E-state index in [2.05, 4.69) is 10.1 Å². The van der Waals surface area contributed by atoms with E-state index in [4.69, 9.17) is 10.3 Å². The van der Waals surface area contributed by atoms with Crippen LogP contribution < -0.4 is 5.73 Å². The minimum Gasteiger partial charge on any atom is -0.507 e. The largest absolute Gasteiger partial charge is 0.507 e. The molecular weight excluding hydrogens is 206 g/mol. The lowest BCUT2D eigenvalue weighted by Crippen LogP contribution is -1.80. The Hall–Kier alpha value is -2.43. The summed E-state index contributed by atoms with van der Waals surface area (Å²) in [6.45, 7) is 0. The van der Waals surface area contributed by atoms with Gasteiger partial charge in [0.05, 0.1) is 0 Å². The van der Waals surface area contributed by atoms with E-state index in [1.165, 1.54) is 0 Å². The van der Waals surface area contributed by atoms with Crippen LogP contribution in [0, 0.1) is 0 Å². The van der Waals surface area contributed by atoms with Gasteiger partial charge in [-0.2, -0.15) is 0 Å². The predicted molar refractivity (Wildman–Crippen MR) is 59.9 cm³/mol. The van der Waals surface area contributed by atoms with Gasteiger partial charge in [-0.1, -0.05) is 5.16 Å². The number of phenolic OH excluding ortho intramolecular Hbond substituents is 1. The molecule has 5 heteroatoms. The first-order chi connectivity index (χ1) is 7.75. The van der Waals surface area contributed by atoms with Crippen molar-refractivity contribution >= 4 is 16.8 Å². The maximum absolute atomic E-state index is 10.1. The molecule has 0 aliphatic rings. The van der Waals surface area contributed by atoms with E-state index in [0.29, 0.717) is 11.3 Å². The molecule has 0 aliphatic carbocycles. The number of phenols is 1.